The van der Waals surface area contributed by atoms with Gasteiger partial charge in [-0.2, -0.15) is 0 Å². The number of hydrogen-bond acceptors (Lipinski definition) is 1. The summed E-state index contributed by atoms with van der Waals surface area (Å²) < 4.78 is 0. The summed E-state index contributed by atoms with van der Waals surface area (Å²) in [4.78, 5) is 12.1. The Kier molecular flexibility index (Phi) is 4.15. The monoisotopic (exact) mass is 196 g/mol. The third kappa shape index (κ3) is 3.43. The molecule has 1 aliphatic carbocycles. The Labute approximate surface area is 88.3 Å². The molecule has 1 heteroatoms. The lowest BCUT2D eigenvalue weighted by atomic mass is 9.78. The van der Waals surface area contributed by atoms with Gasteiger partial charge < -0.3 is 0 Å². The Morgan fingerprint density at radius 1 is 0.929 bits per heavy atom. The Bertz CT molecular complexity index is 180. The first kappa shape index (κ1) is 11.7. The van der Waals surface area contributed by atoms with Gasteiger partial charge in [0.2, 0.25) is 0 Å². The molecule has 1 fully saturated rings. The van der Waals surface area contributed by atoms with Gasteiger partial charge in [0.1, 0.15) is 5.78 Å². The van der Waals surface area contributed by atoms with Crippen LogP contribution in [0.4, 0.5) is 0 Å². The molecular formula is C13H24O. The van der Waals surface area contributed by atoms with Crippen molar-refractivity contribution < 1.29 is 4.79 Å². The van der Waals surface area contributed by atoms with E-state index in [2.05, 4.69) is 0 Å². The van der Waals surface area contributed by atoms with E-state index in [1.165, 1.54) is 32.1 Å². The van der Waals surface area contributed by atoms with Crippen LogP contribution in [0.3, 0.4) is 0 Å². The second-order valence-corrected chi connectivity index (χ2v) is 5.66. The lowest BCUT2D eigenvalue weighted by Crippen LogP contribution is -2.28. The van der Waals surface area contributed by atoms with Crippen LogP contribution in [-0.4, -0.2) is 5.78 Å². The summed E-state index contributed by atoms with van der Waals surface area (Å²) >= 11 is 0. The van der Waals surface area contributed by atoms with Gasteiger partial charge in [-0.25, -0.2) is 0 Å². The zero-order chi connectivity index (χ0) is 10.6. The SMILES string of the molecule is CC(C)(C)C(=O)C1CCCCCCC1. The molecule has 0 spiro atoms. The maximum Gasteiger partial charge on any atom is 0.141 e. The summed E-state index contributed by atoms with van der Waals surface area (Å²) in [6.07, 6.45) is 8.81. The molecule has 1 rings (SSSR count). The fourth-order valence-electron chi connectivity index (χ4n) is 2.33. The molecule has 0 N–H and O–H groups in total. The van der Waals surface area contributed by atoms with Crippen molar-refractivity contribution in [3.63, 3.8) is 0 Å². The summed E-state index contributed by atoms with van der Waals surface area (Å²) in [6.45, 7) is 6.15. The molecule has 1 aliphatic rings. The average molecular weight is 196 g/mol. The maximum absolute atomic E-state index is 12.1. The van der Waals surface area contributed by atoms with Gasteiger partial charge in [0.15, 0.2) is 0 Å². The Morgan fingerprint density at radius 3 is 1.79 bits per heavy atom. The van der Waals surface area contributed by atoms with Crippen molar-refractivity contribution >= 4 is 5.78 Å². The van der Waals surface area contributed by atoms with E-state index in [0.29, 0.717) is 11.7 Å². The molecule has 1 saturated carbocycles. The molecule has 1 nitrogen and oxygen atoms in total. The molecule has 0 atom stereocenters. The standard InChI is InChI=1S/C13H24O/c1-13(2,3)12(14)11-9-7-5-4-6-8-10-11/h11H,4-10H2,1-3H3. The molecule has 82 valence electrons. The van der Waals surface area contributed by atoms with E-state index in [4.69, 9.17) is 0 Å². The fraction of sp³-hybridized carbons (Fsp3) is 0.923. The summed E-state index contributed by atoms with van der Waals surface area (Å²) in [5.41, 5.74) is -0.135. The van der Waals surface area contributed by atoms with E-state index in [0.717, 1.165) is 12.8 Å². The number of rotatable bonds is 1. The van der Waals surface area contributed by atoms with E-state index >= 15 is 0 Å². The number of ketones is 1. The first-order valence-electron chi connectivity index (χ1n) is 6.06. The number of carbonyl (C=O) groups is 1. The van der Waals surface area contributed by atoms with Crippen molar-refractivity contribution in [2.45, 2.75) is 65.7 Å². The Balaban J connectivity index is 2.51. The highest BCUT2D eigenvalue weighted by molar-refractivity contribution is 5.85. The van der Waals surface area contributed by atoms with Crippen molar-refractivity contribution in [1.82, 2.24) is 0 Å². The van der Waals surface area contributed by atoms with Crippen molar-refractivity contribution in [3.05, 3.63) is 0 Å². The van der Waals surface area contributed by atoms with Crippen LogP contribution in [0, 0.1) is 11.3 Å². The van der Waals surface area contributed by atoms with Crippen LogP contribution < -0.4 is 0 Å². The van der Waals surface area contributed by atoms with Gasteiger partial charge in [-0.3, -0.25) is 4.79 Å². The highest BCUT2D eigenvalue weighted by Crippen LogP contribution is 2.29. The number of Topliss-reactive ketones (excluding diaryl/α,β-unsaturated/α-hetero) is 1. The first-order chi connectivity index (χ1) is 6.52. The third-order valence-corrected chi connectivity index (χ3v) is 3.22. The maximum atomic E-state index is 12.1. The lowest BCUT2D eigenvalue weighted by Gasteiger charge is -2.25. The van der Waals surface area contributed by atoms with E-state index in [1.807, 2.05) is 20.8 Å². The third-order valence-electron chi connectivity index (χ3n) is 3.22. The second-order valence-electron chi connectivity index (χ2n) is 5.66. The normalized spacial score (nSPS) is 21.4. The van der Waals surface area contributed by atoms with Gasteiger partial charge in [0, 0.05) is 11.3 Å². The molecule has 14 heavy (non-hydrogen) atoms. The molecule has 0 aliphatic heterocycles. The number of hydrogen-bond donors (Lipinski definition) is 0. The Morgan fingerprint density at radius 2 is 1.36 bits per heavy atom. The molecule has 0 aromatic carbocycles. The molecule has 0 amide bonds. The van der Waals surface area contributed by atoms with E-state index in [9.17, 15) is 4.79 Å². The molecule has 0 unspecified atom stereocenters. The highest BCUT2D eigenvalue weighted by atomic mass is 16.1. The Hall–Kier alpha value is -0.330. The van der Waals surface area contributed by atoms with Crippen LogP contribution in [-0.2, 0) is 4.79 Å². The van der Waals surface area contributed by atoms with Crippen LogP contribution in [0.25, 0.3) is 0 Å². The first-order valence-corrected chi connectivity index (χ1v) is 6.06. The fourth-order valence-corrected chi connectivity index (χ4v) is 2.33. The summed E-state index contributed by atoms with van der Waals surface area (Å²) in [5, 5.41) is 0. The van der Waals surface area contributed by atoms with Gasteiger partial charge >= 0.3 is 0 Å². The van der Waals surface area contributed by atoms with Crippen molar-refractivity contribution in [3.8, 4) is 0 Å². The van der Waals surface area contributed by atoms with Gasteiger partial charge in [0.25, 0.3) is 0 Å². The largest absolute Gasteiger partial charge is 0.299 e. The molecule has 0 radical (unpaired) electrons. The molecule has 0 aromatic rings. The predicted octanol–water partition coefficient (Wildman–Crippen LogP) is 3.96. The summed E-state index contributed by atoms with van der Waals surface area (Å²) in [5.74, 6) is 0.842. The van der Waals surface area contributed by atoms with Crippen molar-refractivity contribution in [2.75, 3.05) is 0 Å². The van der Waals surface area contributed by atoms with Crippen LogP contribution in [0.1, 0.15) is 65.7 Å². The average Bonchev–Trinajstić information content (AvgIpc) is 2.00. The highest BCUT2D eigenvalue weighted by Gasteiger charge is 2.29. The zero-order valence-electron chi connectivity index (χ0n) is 9.94. The lowest BCUT2D eigenvalue weighted by molar-refractivity contribution is -0.131. The quantitative estimate of drug-likeness (QED) is 0.620. The van der Waals surface area contributed by atoms with Crippen LogP contribution in [0.15, 0.2) is 0 Å². The van der Waals surface area contributed by atoms with Crippen molar-refractivity contribution in [2.24, 2.45) is 11.3 Å². The van der Waals surface area contributed by atoms with Gasteiger partial charge in [-0.1, -0.05) is 52.9 Å². The van der Waals surface area contributed by atoms with E-state index < -0.39 is 0 Å². The van der Waals surface area contributed by atoms with Gasteiger partial charge in [-0.15, -0.1) is 0 Å². The topological polar surface area (TPSA) is 17.1 Å². The molecule has 0 bridgehead atoms. The van der Waals surface area contributed by atoms with Gasteiger partial charge in [0.05, 0.1) is 0 Å². The summed E-state index contributed by atoms with van der Waals surface area (Å²) in [7, 11) is 0. The van der Waals surface area contributed by atoms with Crippen LogP contribution >= 0.6 is 0 Å². The smallest absolute Gasteiger partial charge is 0.141 e. The zero-order valence-corrected chi connectivity index (χ0v) is 9.94. The minimum atomic E-state index is -0.135. The van der Waals surface area contributed by atoms with Crippen LogP contribution in [0.2, 0.25) is 0 Å². The van der Waals surface area contributed by atoms with Gasteiger partial charge in [-0.05, 0) is 12.8 Å². The molecule has 0 heterocycles. The second kappa shape index (κ2) is 4.95. The minimum absolute atomic E-state index is 0.135. The minimum Gasteiger partial charge on any atom is -0.299 e. The number of carbonyl (C=O) groups excluding carboxylic acids is 1. The van der Waals surface area contributed by atoms with E-state index in [1.54, 1.807) is 0 Å². The van der Waals surface area contributed by atoms with Crippen LogP contribution in [0.5, 0.6) is 0 Å². The van der Waals surface area contributed by atoms with Crippen molar-refractivity contribution in [1.29, 1.82) is 0 Å². The molecule has 0 saturated heterocycles. The molecule has 0 aromatic heterocycles. The van der Waals surface area contributed by atoms with E-state index in [-0.39, 0.29) is 5.41 Å². The summed E-state index contributed by atoms with van der Waals surface area (Å²) in [6, 6.07) is 0. The molecular weight excluding hydrogens is 172 g/mol. The predicted molar refractivity (Wildman–Crippen MR) is 60.3 cm³/mol.